The first-order valence-electron chi connectivity index (χ1n) is 5.66. The van der Waals surface area contributed by atoms with Crippen molar-refractivity contribution in [1.82, 2.24) is 0 Å². The molecule has 1 aromatic heterocycles. The van der Waals surface area contributed by atoms with Crippen LogP contribution in [0.25, 0.3) is 0 Å². The van der Waals surface area contributed by atoms with E-state index >= 15 is 0 Å². The van der Waals surface area contributed by atoms with E-state index in [1.807, 2.05) is 13.0 Å². The van der Waals surface area contributed by atoms with Crippen LogP contribution in [-0.4, -0.2) is 17.0 Å². The van der Waals surface area contributed by atoms with Gasteiger partial charge < -0.3 is 16.3 Å². The molecule has 0 bridgehead atoms. The summed E-state index contributed by atoms with van der Waals surface area (Å²) in [5, 5.41) is 14.4. The number of nitrogens with zero attached hydrogens (tertiary/aromatic N) is 1. The summed E-state index contributed by atoms with van der Waals surface area (Å²) in [4.78, 5) is 12.7. The van der Waals surface area contributed by atoms with Gasteiger partial charge >= 0.3 is 0 Å². The van der Waals surface area contributed by atoms with Crippen molar-refractivity contribution < 1.29 is 10.0 Å². The van der Waals surface area contributed by atoms with E-state index in [0.29, 0.717) is 16.1 Å². The van der Waals surface area contributed by atoms with Crippen molar-refractivity contribution in [1.29, 1.82) is 0 Å². The van der Waals surface area contributed by atoms with Crippen LogP contribution in [0.4, 0.5) is 5.69 Å². The van der Waals surface area contributed by atoms with E-state index in [9.17, 15) is 4.79 Å². The highest BCUT2D eigenvalue weighted by Gasteiger charge is 2.12. The molecule has 0 aliphatic rings. The molecule has 0 radical (unpaired) electrons. The number of amidine groups is 1. The SMILES string of the molecule is Cc1cc(C(=O)Nc2cccc(/C(N)=N/O)c2)sc1Br. The molecule has 0 aliphatic carbocycles. The van der Waals surface area contributed by atoms with Gasteiger partial charge in [-0.15, -0.1) is 11.3 Å². The Balaban J connectivity index is 2.20. The fourth-order valence-corrected chi connectivity index (χ4v) is 3.01. The van der Waals surface area contributed by atoms with Gasteiger partial charge in [0.1, 0.15) is 0 Å². The minimum absolute atomic E-state index is 0.00388. The van der Waals surface area contributed by atoms with Crippen molar-refractivity contribution in [2.45, 2.75) is 6.92 Å². The molecule has 2 aromatic rings. The maximum Gasteiger partial charge on any atom is 0.265 e. The van der Waals surface area contributed by atoms with Gasteiger partial charge in [-0.25, -0.2) is 0 Å². The summed E-state index contributed by atoms with van der Waals surface area (Å²) in [6.07, 6.45) is 0. The Bertz CT molecular complexity index is 663. The lowest BCUT2D eigenvalue weighted by Gasteiger charge is -2.05. The zero-order chi connectivity index (χ0) is 14.7. The normalized spacial score (nSPS) is 11.4. The highest BCUT2D eigenvalue weighted by atomic mass is 79.9. The number of aryl methyl sites for hydroxylation is 1. The molecule has 104 valence electrons. The number of carbonyl (C=O) groups is 1. The lowest BCUT2D eigenvalue weighted by molar-refractivity contribution is 0.103. The third-order valence-electron chi connectivity index (χ3n) is 2.60. The van der Waals surface area contributed by atoms with E-state index in [-0.39, 0.29) is 11.7 Å². The third-order valence-corrected chi connectivity index (χ3v) is 4.74. The van der Waals surface area contributed by atoms with Crippen LogP contribution >= 0.6 is 27.3 Å². The topological polar surface area (TPSA) is 87.7 Å². The molecule has 1 heterocycles. The van der Waals surface area contributed by atoms with E-state index in [4.69, 9.17) is 10.9 Å². The smallest absolute Gasteiger partial charge is 0.265 e. The molecular weight excluding hydrogens is 342 g/mol. The van der Waals surface area contributed by atoms with E-state index in [2.05, 4.69) is 26.4 Å². The largest absolute Gasteiger partial charge is 0.409 e. The first-order chi connectivity index (χ1) is 9.51. The molecule has 0 saturated heterocycles. The van der Waals surface area contributed by atoms with Crippen molar-refractivity contribution in [3.8, 4) is 0 Å². The van der Waals surface area contributed by atoms with E-state index in [1.165, 1.54) is 11.3 Å². The maximum absolute atomic E-state index is 12.1. The van der Waals surface area contributed by atoms with Gasteiger partial charge in [-0.3, -0.25) is 4.79 Å². The average Bonchev–Trinajstić information content (AvgIpc) is 2.78. The van der Waals surface area contributed by atoms with Crippen LogP contribution in [0.15, 0.2) is 39.3 Å². The summed E-state index contributed by atoms with van der Waals surface area (Å²) < 4.78 is 0.938. The number of anilines is 1. The van der Waals surface area contributed by atoms with E-state index in [1.54, 1.807) is 24.3 Å². The minimum Gasteiger partial charge on any atom is -0.409 e. The number of oxime groups is 1. The summed E-state index contributed by atoms with van der Waals surface area (Å²) in [6, 6.07) is 8.61. The third kappa shape index (κ3) is 3.17. The van der Waals surface area contributed by atoms with Crippen molar-refractivity contribution in [3.63, 3.8) is 0 Å². The van der Waals surface area contributed by atoms with Crippen molar-refractivity contribution in [2.24, 2.45) is 10.9 Å². The number of benzene rings is 1. The monoisotopic (exact) mass is 353 g/mol. The molecule has 20 heavy (non-hydrogen) atoms. The molecule has 0 spiro atoms. The van der Waals surface area contributed by atoms with Crippen LogP contribution < -0.4 is 11.1 Å². The van der Waals surface area contributed by atoms with Crippen LogP contribution in [0.1, 0.15) is 20.8 Å². The molecule has 5 nitrogen and oxygen atoms in total. The molecule has 0 saturated carbocycles. The number of halogens is 1. The molecule has 4 N–H and O–H groups in total. The van der Waals surface area contributed by atoms with Crippen molar-refractivity contribution in [2.75, 3.05) is 5.32 Å². The standard InChI is InChI=1S/C13H12BrN3O2S/c1-7-5-10(20-11(7)14)13(18)16-9-4-2-3-8(6-9)12(15)17-19/h2-6,19H,1H3,(H2,15,17)(H,16,18). The second-order valence-electron chi connectivity index (χ2n) is 4.09. The fraction of sp³-hybridized carbons (Fsp3) is 0.0769. The Morgan fingerprint density at radius 1 is 1.45 bits per heavy atom. The number of amides is 1. The number of nitrogens with two attached hydrogens (primary N) is 1. The predicted molar refractivity (Wildman–Crippen MR) is 83.7 cm³/mol. The molecule has 1 aromatic carbocycles. The van der Waals surface area contributed by atoms with Gasteiger partial charge in [-0.1, -0.05) is 17.3 Å². The van der Waals surface area contributed by atoms with Crippen molar-refractivity contribution in [3.05, 3.63) is 50.1 Å². The second kappa shape index (κ2) is 6.06. The van der Waals surface area contributed by atoms with Gasteiger partial charge in [0, 0.05) is 11.3 Å². The summed E-state index contributed by atoms with van der Waals surface area (Å²) in [5.41, 5.74) is 7.65. The van der Waals surface area contributed by atoms with Gasteiger partial charge in [0.2, 0.25) is 0 Å². The van der Waals surface area contributed by atoms with E-state index < -0.39 is 0 Å². The number of hydrogen-bond donors (Lipinski definition) is 3. The van der Waals surface area contributed by atoms with Crippen LogP contribution in [0, 0.1) is 6.92 Å². The van der Waals surface area contributed by atoms with Crippen LogP contribution in [0.5, 0.6) is 0 Å². The van der Waals surface area contributed by atoms with Gasteiger partial charge in [0.05, 0.1) is 8.66 Å². The summed E-state index contributed by atoms with van der Waals surface area (Å²) in [5.74, 6) is -0.198. The van der Waals surface area contributed by atoms with Crippen LogP contribution in [-0.2, 0) is 0 Å². The highest BCUT2D eigenvalue weighted by Crippen LogP contribution is 2.27. The zero-order valence-corrected chi connectivity index (χ0v) is 13.0. The maximum atomic E-state index is 12.1. The van der Waals surface area contributed by atoms with Crippen LogP contribution in [0.2, 0.25) is 0 Å². The number of hydrogen-bond acceptors (Lipinski definition) is 4. The zero-order valence-electron chi connectivity index (χ0n) is 10.6. The lowest BCUT2D eigenvalue weighted by atomic mass is 10.2. The van der Waals surface area contributed by atoms with Gasteiger partial charge in [-0.2, -0.15) is 0 Å². The predicted octanol–water partition coefficient (Wildman–Crippen LogP) is 3.17. The lowest BCUT2D eigenvalue weighted by Crippen LogP contribution is -2.14. The Morgan fingerprint density at radius 2 is 2.20 bits per heavy atom. The molecule has 2 rings (SSSR count). The first-order valence-corrected chi connectivity index (χ1v) is 7.27. The number of carbonyl (C=O) groups excluding carboxylic acids is 1. The number of thiophene rings is 1. The van der Waals surface area contributed by atoms with Gasteiger partial charge in [0.15, 0.2) is 5.84 Å². The number of rotatable bonds is 3. The Kier molecular flexibility index (Phi) is 4.41. The summed E-state index contributed by atoms with van der Waals surface area (Å²) in [6.45, 7) is 1.93. The Labute approximate surface area is 128 Å². The highest BCUT2D eigenvalue weighted by molar-refractivity contribution is 9.11. The van der Waals surface area contributed by atoms with Gasteiger partial charge in [0.25, 0.3) is 5.91 Å². The molecule has 0 atom stereocenters. The van der Waals surface area contributed by atoms with E-state index in [0.717, 1.165) is 9.35 Å². The Morgan fingerprint density at radius 3 is 2.80 bits per heavy atom. The quantitative estimate of drug-likeness (QED) is 0.342. The Hall–Kier alpha value is -1.86. The molecular formula is C13H12BrN3O2S. The number of nitrogens with one attached hydrogen (secondary N) is 1. The summed E-state index contributed by atoms with van der Waals surface area (Å²) >= 11 is 4.76. The molecule has 7 heteroatoms. The first kappa shape index (κ1) is 14.5. The minimum atomic E-state index is -0.194. The van der Waals surface area contributed by atoms with Gasteiger partial charge in [-0.05, 0) is 46.6 Å². The second-order valence-corrected chi connectivity index (χ2v) is 6.46. The molecule has 0 aliphatic heterocycles. The summed E-state index contributed by atoms with van der Waals surface area (Å²) in [7, 11) is 0. The van der Waals surface area contributed by atoms with Crippen LogP contribution in [0.3, 0.4) is 0 Å². The molecule has 0 fully saturated rings. The average molecular weight is 354 g/mol. The van der Waals surface area contributed by atoms with Crippen molar-refractivity contribution >= 4 is 44.7 Å². The molecule has 0 unspecified atom stereocenters. The molecule has 1 amide bonds. The fourth-order valence-electron chi connectivity index (χ4n) is 1.58.